The van der Waals surface area contributed by atoms with Crippen LogP contribution in [0, 0.1) is 0 Å². The van der Waals surface area contributed by atoms with Crippen molar-refractivity contribution in [3.63, 3.8) is 0 Å². The first-order chi connectivity index (χ1) is 8.20. The molecule has 0 saturated carbocycles. The van der Waals surface area contributed by atoms with Crippen molar-refractivity contribution >= 4 is 17.7 Å². The van der Waals surface area contributed by atoms with Gasteiger partial charge >= 0.3 is 5.97 Å². The third kappa shape index (κ3) is 2.92. The van der Waals surface area contributed by atoms with Gasteiger partial charge in [0.1, 0.15) is 11.8 Å². The number of hydrogen-bond donors (Lipinski definition) is 2. The fourth-order valence-corrected chi connectivity index (χ4v) is 2.95. The first-order valence-electron chi connectivity index (χ1n) is 5.54. The van der Waals surface area contributed by atoms with Gasteiger partial charge in [0.25, 0.3) is 0 Å². The molecule has 5 heteroatoms. The van der Waals surface area contributed by atoms with E-state index in [0.717, 1.165) is 11.3 Å². The fourth-order valence-electron chi connectivity index (χ4n) is 1.71. The second-order valence-corrected chi connectivity index (χ2v) is 4.91. The van der Waals surface area contributed by atoms with Gasteiger partial charge in [0.2, 0.25) is 0 Å². The highest BCUT2D eigenvalue weighted by atomic mass is 32.2. The molecule has 0 unspecified atom stereocenters. The lowest BCUT2D eigenvalue weighted by molar-refractivity contribution is -0.138. The van der Waals surface area contributed by atoms with Crippen LogP contribution in [0.25, 0.3) is 0 Å². The Balaban J connectivity index is 2.01. The second-order valence-electron chi connectivity index (χ2n) is 3.77. The summed E-state index contributed by atoms with van der Waals surface area (Å²) >= 11 is 1.62. The Labute approximate surface area is 104 Å². The molecule has 92 valence electrons. The molecular formula is C12H15NO3S. The molecular weight excluding hydrogens is 238 g/mol. The average Bonchev–Trinajstić information content (AvgIpc) is 2.80. The zero-order chi connectivity index (χ0) is 12.3. The highest BCUT2D eigenvalue weighted by molar-refractivity contribution is 7.99. The molecule has 2 N–H and O–H groups in total. The molecule has 0 spiro atoms. The van der Waals surface area contributed by atoms with E-state index in [-0.39, 0.29) is 5.37 Å². The highest BCUT2D eigenvalue weighted by Gasteiger charge is 2.30. The topological polar surface area (TPSA) is 58.6 Å². The summed E-state index contributed by atoms with van der Waals surface area (Å²) in [4.78, 5) is 10.8. The predicted octanol–water partition coefficient (Wildman–Crippen LogP) is 1.87. The Morgan fingerprint density at radius 2 is 2.24 bits per heavy atom. The maximum atomic E-state index is 10.8. The van der Waals surface area contributed by atoms with E-state index in [4.69, 9.17) is 9.84 Å². The van der Waals surface area contributed by atoms with Crippen molar-refractivity contribution in [2.24, 2.45) is 0 Å². The normalized spacial score (nSPS) is 23.6. The van der Waals surface area contributed by atoms with E-state index in [1.54, 1.807) is 11.8 Å². The van der Waals surface area contributed by atoms with Gasteiger partial charge in [-0.2, -0.15) is 0 Å². The molecule has 17 heavy (non-hydrogen) atoms. The Morgan fingerprint density at radius 3 is 2.76 bits per heavy atom. The summed E-state index contributed by atoms with van der Waals surface area (Å²) in [5.41, 5.74) is 1.09. The van der Waals surface area contributed by atoms with Crippen molar-refractivity contribution in [2.75, 3.05) is 12.4 Å². The molecule has 1 aromatic carbocycles. The molecule has 0 radical (unpaired) electrons. The third-order valence-corrected chi connectivity index (χ3v) is 3.84. The second kappa shape index (κ2) is 5.42. The minimum Gasteiger partial charge on any atom is -0.494 e. The van der Waals surface area contributed by atoms with E-state index >= 15 is 0 Å². The number of hydrogen-bond acceptors (Lipinski definition) is 4. The van der Waals surface area contributed by atoms with Crippen LogP contribution in [0.4, 0.5) is 0 Å². The molecule has 1 heterocycles. The van der Waals surface area contributed by atoms with Crippen LogP contribution in [0.2, 0.25) is 0 Å². The number of thioether (sulfide) groups is 1. The summed E-state index contributed by atoms with van der Waals surface area (Å²) in [6.07, 6.45) is 0. The lowest BCUT2D eigenvalue weighted by Gasteiger charge is -2.12. The summed E-state index contributed by atoms with van der Waals surface area (Å²) in [7, 11) is 0. The molecule has 1 aliphatic rings. The van der Waals surface area contributed by atoms with Crippen LogP contribution in [-0.4, -0.2) is 29.5 Å². The average molecular weight is 253 g/mol. The van der Waals surface area contributed by atoms with Gasteiger partial charge < -0.3 is 9.84 Å². The van der Waals surface area contributed by atoms with Crippen molar-refractivity contribution < 1.29 is 14.6 Å². The van der Waals surface area contributed by atoms with Crippen molar-refractivity contribution in [3.05, 3.63) is 29.8 Å². The van der Waals surface area contributed by atoms with Gasteiger partial charge in [0.15, 0.2) is 0 Å². The number of benzene rings is 1. The third-order valence-electron chi connectivity index (χ3n) is 2.57. The van der Waals surface area contributed by atoms with Crippen LogP contribution >= 0.6 is 11.8 Å². The van der Waals surface area contributed by atoms with Gasteiger partial charge in [-0.3, -0.25) is 10.1 Å². The van der Waals surface area contributed by atoms with E-state index in [2.05, 4.69) is 5.32 Å². The molecule has 1 saturated heterocycles. The molecule has 1 fully saturated rings. The number of ether oxygens (including phenoxy) is 1. The number of aliphatic carboxylic acids is 1. The van der Waals surface area contributed by atoms with Crippen LogP contribution in [-0.2, 0) is 4.79 Å². The van der Waals surface area contributed by atoms with Crippen molar-refractivity contribution in [1.82, 2.24) is 5.32 Å². The van der Waals surface area contributed by atoms with Crippen molar-refractivity contribution in [2.45, 2.75) is 18.3 Å². The van der Waals surface area contributed by atoms with Gasteiger partial charge in [-0.15, -0.1) is 11.8 Å². The SMILES string of the molecule is CCOc1ccc([C@@H]2N[C@H](C(=O)O)CS2)cc1. The summed E-state index contributed by atoms with van der Waals surface area (Å²) in [5.74, 6) is 0.660. The molecule has 0 amide bonds. The minimum atomic E-state index is -0.786. The number of nitrogens with one attached hydrogen (secondary N) is 1. The van der Waals surface area contributed by atoms with Crippen molar-refractivity contribution in [3.8, 4) is 5.75 Å². The lowest BCUT2D eigenvalue weighted by atomic mass is 10.2. The smallest absolute Gasteiger partial charge is 0.321 e. The molecule has 0 aliphatic carbocycles. The maximum Gasteiger partial charge on any atom is 0.321 e. The van der Waals surface area contributed by atoms with Gasteiger partial charge in [0, 0.05) is 5.75 Å². The number of carboxylic acid groups (broad SMARTS) is 1. The Bertz CT molecular complexity index is 393. The quantitative estimate of drug-likeness (QED) is 0.858. The summed E-state index contributed by atoms with van der Waals surface area (Å²) in [6.45, 7) is 2.59. The Kier molecular flexibility index (Phi) is 3.91. The Hall–Kier alpha value is -1.20. The van der Waals surface area contributed by atoms with E-state index in [1.807, 2.05) is 31.2 Å². The first-order valence-corrected chi connectivity index (χ1v) is 6.59. The molecule has 2 atom stereocenters. The van der Waals surface area contributed by atoms with Crippen molar-refractivity contribution in [1.29, 1.82) is 0 Å². The number of carbonyl (C=O) groups is 1. The highest BCUT2D eigenvalue weighted by Crippen LogP contribution is 2.33. The van der Waals surface area contributed by atoms with Crippen LogP contribution in [0.3, 0.4) is 0 Å². The van der Waals surface area contributed by atoms with Gasteiger partial charge in [-0.05, 0) is 24.6 Å². The zero-order valence-electron chi connectivity index (χ0n) is 9.55. The summed E-state index contributed by atoms with van der Waals surface area (Å²) in [6, 6.07) is 7.32. The van der Waals surface area contributed by atoms with Crippen LogP contribution in [0.15, 0.2) is 24.3 Å². The van der Waals surface area contributed by atoms with Crippen LogP contribution in [0.5, 0.6) is 5.75 Å². The molecule has 0 aromatic heterocycles. The van der Waals surface area contributed by atoms with Gasteiger partial charge in [-0.1, -0.05) is 12.1 Å². The Morgan fingerprint density at radius 1 is 1.53 bits per heavy atom. The molecule has 2 rings (SSSR count). The molecule has 1 aliphatic heterocycles. The fraction of sp³-hybridized carbons (Fsp3) is 0.417. The standard InChI is InChI=1S/C12H15NO3S/c1-2-16-9-5-3-8(4-6-9)11-13-10(7-17-11)12(14)15/h3-6,10-11,13H,2,7H2,1H3,(H,14,15)/t10-,11+/m0/s1. The van der Waals surface area contributed by atoms with Crippen LogP contribution < -0.4 is 10.1 Å². The first kappa shape index (κ1) is 12.3. The van der Waals surface area contributed by atoms with E-state index in [0.29, 0.717) is 12.4 Å². The summed E-state index contributed by atoms with van der Waals surface area (Å²) in [5, 5.41) is 12.0. The lowest BCUT2D eigenvalue weighted by Crippen LogP contribution is -2.33. The van der Waals surface area contributed by atoms with E-state index in [1.165, 1.54) is 0 Å². The number of carboxylic acids is 1. The largest absolute Gasteiger partial charge is 0.494 e. The molecule has 1 aromatic rings. The summed E-state index contributed by atoms with van der Waals surface area (Å²) < 4.78 is 5.36. The maximum absolute atomic E-state index is 10.8. The number of rotatable bonds is 4. The minimum absolute atomic E-state index is 0.0618. The van der Waals surface area contributed by atoms with E-state index < -0.39 is 12.0 Å². The van der Waals surface area contributed by atoms with Gasteiger partial charge in [-0.25, -0.2) is 0 Å². The predicted molar refractivity (Wildman–Crippen MR) is 67.4 cm³/mol. The van der Waals surface area contributed by atoms with E-state index in [9.17, 15) is 4.79 Å². The monoisotopic (exact) mass is 253 g/mol. The molecule has 0 bridgehead atoms. The van der Waals surface area contributed by atoms with Gasteiger partial charge in [0.05, 0.1) is 12.0 Å². The zero-order valence-corrected chi connectivity index (χ0v) is 10.4. The molecule has 4 nitrogen and oxygen atoms in total. The van der Waals surface area contributed by atoms with Crippen LogP contribution in [0.1, 0.15) is 17.9 Å².